The van der Waals surface area contributed by atoms with E-state index in [-0.39, 0.29) is 5.69 Å². The van der Waals surface area contributed by atoms with Gasteiger partial charge < -0.3 is 19.6 Å². The normalized spacial score (nSPS) is 11.1. The Morgan fingerprint density at radius 2 is 2.10 bits per heavy atom. The molecule has 1 heterocycles. The van der Waals surface area contributed by atoms with Gasteiger partial charge in [0.25, 0.3) is 0 Å². The van der Waals surface area contributed by atoms with Crippen molar-refractivity contribution < 1.29 is 32.4 Å². The van der Waals surface area contributed by atoms with Gasteiger partial charge >= 0.3 is 18.1 Å². The third-order valence-corrected chi connectivity index (χ3v) is 2.14. The van der Waals surface area contributed by atoms with E-state index in [0.29, 0.717) is 0 Å². The van der Waals surface area contributed by atoms with Crippen LogP contribution in [0.1, 0.15) is 11.3 Å². The second-order valence-electron chi connectivity index (χ2n) is 3.62. The first-order valence-corrected chi connectivity index (χ1v) is 5.11. The third-order valence-electron chi connectivity index (χ3n) is 2.14. The molecule has 0 amide bonds. The van der Waals surface area contributed by atoms with Gasteiger partial charge in [-0.25, -0.2) is 0 Å². The molecule has 1 aromatic rings. The summed E-state index contributed by atoms with van der Waals surface area (Å²) in [6.45, 7) is 1.26. The zero-order chi connectivity index (χ0) is 15.5. The lowest BCUT2D eigenvalue weighted by molar-refractivity contribution is -0.390. The summed E-state index contributed by atoms with van der Waals surface area (Å²) in [4.78, 5) is 24.5. The van der Waals surface area contributed by atoms with E-state index in [1.165, 1.54) is 6.92 Å². The van der Waals surface area contributed by atoms with Gasteiger partial charge in [-0.1, -0.05) is 0 Å². The second kappa shape index (κ2) is 5.72. The number of nitrogens with zero attached hydrogens (tertiary/aromatic N) is 2. The summed E-state index contributed by atoms with van der Waals surface area (Å²) < 4.78 is 44.8. The van der Waals surface area contributed by atoms with Gasteiger partial charge in [0, 0.05) is 13.0 Å². The average molecular weight is 294 g/mol. The molecule has 110 valence electrons. The Morgan fingerprint density at radius 1 is 1.50 bits per heavy atom. The van der Waals surface area contributed by atoms with E-state index >= 15 is 0 Å². The molecule has 0 radical (unpaired) electrons. The number of alkyl halides is 3. The molecule has 20 heavy (non-hydrogen) atoms. The molecule has 0 N–H and O–H groups in total. The fraction of sp³-hybridized carbons (Fsp3) is 0.400. The number of hydrogen-bond acceptors (Lipinski definition) is 6. The number of nitro groups is 1. The van der Waals surface area contributed by atoms with Crippen molar-refractivity contribution in [2.75, 3.05) is 7.11 Å². The Morgan fingerprint density at radius 3 is 2.55 bits per heavy atom. The lowest BCUT2D eigenvalue weighted by Gasteiger charge is -2.12. The number of carbonyl (C=O) groups is 1. The number of rotatable bonds is 4. The molecular weight excluding hydrogens is 285 g/mol. The molecule has 0 saturated carbocycles. The van der Waals surface area contributed by atoms with Gasteiger partial charge in [-0.3, -0.25) is 4.79 Å². The first-order valence-electron chi connectivity index (χ1n) is 5.11. The van der Waals surface area contributed by atoms with Gasteiger partial charge in [0.15, 0.2) is 5.69 Å². The van der Waals surface area contributed by atoms with Crippen LogP contribution in [0.4, 0.5) is 19.0 Å². The van der Waals surface area contributed by atoms with Crippen LogP contribution in [0.2, 0.25) is 0 Å². The number of carbonyl (C=O) groups excluding carboxylic acids is 1. The molecular formula is C10H9F3N2O5. The lowest BCUT2D eigenvalue weighted by atomic mass is 10.1. The molecule has 0 unspecified atom stereocenters. The molecule has 0 atom stereocenters. The maximum absolute atomic E-state index is 12.3. The smallest absolute Gasteiger partial charge is 0.469 e. The molecule has 0 aliphatic rings. The fourth-order valence-corrected chi connectivity index (χ4v) is 1.40. The first-order chi connectivity index (χ1) is 9.14. The van der Waals surface area contributed by atoms with E-state index in [1.54, 1.807) is 0 Å². The third kappa shape index (κ3) is 4.07. The van der Waals surface area contributed by atoms with Crippen molar-refractivity contribution in [1.82, 2.24) is 4.98 Å². The van der Waals surface area contributed by atoms with Crippen molar-refractivity contribution >= 4 is 11.8 Å². The highest BCUT2D eigenvalue weighted by Gasteiger charge is 2.35. The number of pyridine rings is 1. The van der Waals surface area contributed by atoms with E-state index in [4.69, 9.17) is 0 Å². The Balaban J connectivity index is 3.38. The monoisotopic (exact) mass is 294 g/mol. The number of aromatic nitrogens is 1. The van der Waals surface area contributed by atoms with E-state index < -0.39 is 40.8 Å². The van der Waals surface area contributed by atoms with Crippen LogP contribution in [0.3, 0.4) is 0 Å². The summed E-state index contributed by atoms with van der Waals surface area (Å²) in [5, 5.41) is 10.8. The van der Waals surface area contributed by atoms with Crippen LogP contribution in [-0.4, -0.2) is 29.3 Å². The van der Waals surface area contributed by atoms with Gasteiger partial charge in [-0.2, -0.15) is 0 Å². The van der Waals surface area contributed by atoms with Crippen LogP contribution in [0.25, 0.3) is 0 Å². The topological polar surface area (TPSA) is 91.6 Å². The minimum atomic E-state index is -5.05. The van der Waals surface area contributed by atoms with Crippen LogP contribution < -0.4 is 4.74 Å². The Kier molecular flexibility index (Phi) is 4.48. The van der Waals surface area contributed by atoms with Crippen molar-refractivity contribution in [2.24, 2.45) is 0 Å². The van der Waals surface area contributed by atoms with Gasteiger partial charge in [-0.05, 0) is 9.91 Å². The summed E-state index contributed by atoms with van der Waals surface area (Å²) in [6, 6.07) is 0.860. The Bertz CT molecular complexity index is 544. The highest BCUT2D eigenvalue weighted by Crippen LogP contribution is 2.32. The van der Waals surface area contributed by atoms with E-state index in [0.717, 1.165) is 13.2 Å². The largest absolute Gasteiger partial charge is 0.573 e. The quantitative estimate of drug-likeness (QED) is 0.478. The average Bonchev–Trinajstić information content (AvgIpc) is 2.29. The molecule has 0 fully saturated rings. The molecule has 0 aliphatic carbocycles. The molecule has 0 aliphatic heterocycles. The first kappa shape index (κ1) is 15.7. The molecule has 1 aromatic heterocycles. The van der Waals surface area contributed by atoms with Gasteiger partial charge in [-0.15, -0.1) is 13.2 Å². The van der Waals surface area contributed by atoms with Gasteiger partial charge in [0.2, 0.25) is 0 Å². The van der Waals surface area contributed by atoms with Gasteiger partial charge in [0.05, 0.1) is 13.5 Å². The summed E-state index contributed by atoms with van der Waals surface area (Å²) >= 11 is 0. The number of ether oxygens (including phenoxy) is 2. The van der Waals surface area contributed by atoms with Crippen molar-refractivity contribution in [3.05, 3.63) is 27.4 Å². The van der Waals surface area contributed by atoms with Gasteiger partial charge in [0.1, 0.15) is 11.3 Å². The van der Waals surface area contributed by atoms with Crippen LogP contribution >= 0.6 is 0 Å². The SMILES string of the molecule is COC(=O)Cc1c(OC(F)(F)F)cc(C)nc1[N+](=O)[O-]. The number of esters is 1. The summed E-state index contributed by atoms with van der Waals surface area (Å²) in [7, 11) is 1.00. The van der Waals surface area contributed by atoms with Crippen molar-refractivity contribution in [3.63, 3.8) is 0 Å². The molecule has 0 aromatic carbocycles. The maximum Gasteiger partial charge on any atom is 0.573 e. The predicted molar refractivity (Wildman–Crippen MR) is 58.0 cm³/mol. The van der Waals surface area contributed by atoms with E-state index in [9.17, 15) is 28.1 Å². The van der Waals surface area contributed by atoms with E-state index in [1.807, 2.05) is 0 Å². The van der Waals surface area contributed by atoms with Crippen LogP contribution in [0, 0.1) is 17.0 Å². The number of halogens is 3. The van der Waals surface area contributed by atoms with E-state index in [2.05, 4.69) is 14.5 Å². The maximum atomic E-state index is 12.3. The fourth-order valence-electron chi connectivity index (χ4n) is 1.40. The van der Waals surface area contributed by atoms with Crippen molar-refractivity contribution in [3.8, 4) is 5.75 Å². The summed E-state index contributed by atoms with van der Waals surface area (Å²) in [6.07, 6.45) is -5.81. The highest BCUT2D eigenvalue weighted by atomic mass is 19.4. The molecule has 1 rings (SSSR count). The Labute approximate surface area is 110 Å². The van der Waals surface area contributed by atoms with Crippen molar-refractivity contribution in [2.45, 2.75) is 19.7 Å². The van der Waals surface area contributed by atoms with Crippen molar-refractivity contribution in [1.29, 1.82) is 0 Å². The predicted octanol–water partition coefficient (Wildman–Crippen LogP) is 1.91. The molecule has 0 bridgehead atoms. The molecule has 10 heteroatoms. The van der Waals surface area contributed by atoms with Crippen LogP contribution in [-0.2, 0) is 16.0 Å². The molecule has 7 nitrogen and oxygen atoms in total. The number of aryl methyl sites for hydroxylation is 1. The lowest BCUT2D eigenvalue weighted by Crippen LogP contribution is -2.20. The zero-order valence-corrected chi connectivity index (χ0v) is 10.4. The molecule has 0 saturated heterocycles. The summed E-state index contributed by atoms with van der Waals surface area (Å²) in [5.41, 5.74) is -0.644. The number of hydrogen-bond donors (Lipinski definition) is 0. The summed E-state index contributed by atoms with van der Waals surface area (Å²) in [5.74, 6) is -2.68. The Hall–Kier alpha value is -2.39. The second-order valence-corrected chi connectivity index (χ2v) is 3.62. The number of methoxy groups -OCH3 is 1. The zero-order valence-electron chi connectivity index (χ0n) is 10.4. The standard InChI is InChI=1S/C10H9F3N2O5/c1-5-3-7(20-10(11,12)13)6(4-8(16)19-2)9(14-5)15(17)18/h3H,4H2,1-2H3. The minimum Gasteiger partial charge on any atom is -0.469 e. The minimum absolute atomic E-state index is 0.0513. The van der Waals surface area contributed by atoms with Crippen LogP contribution in [0.5, 0.6) is 5.75 Å². The molecule has 0 spiro atoms. The van der Waals surface area contributed by atoms with Crippen LogP contribution in [0.15, 0.2) is 6.07 Å². The highest BCUT2D eigenvalue weighted by molar-refractivity contribution is 5.75.